The van der Waals surface area contributed by atoms with Crippen LogP contribution in [0.15, 0.2) is 0 Å². The van der Waals surface area contributed by atoms with E-state index in [0.717, 1.165) is 23.9 Å². The van der Waals surface area contributed by atoms with Gasteiger partial charge in [0.05, 0.1) is 0 Å². The van der Waals surface area contributed by atoms with Gasteiger partial charge in [-0.3, -0.25) is 0 Å². The molecule has 18 heavy (non-hydrogen) atoms. The SMILES string of the molecule is CCC1CCCC(NC(C)C2CCCCC2)CC1. The predicted molar refractivity (Wildman–Crippen MR) is 79.8 cm³/mol. The van der Waals surface area contributed by atoms with Crippen molar-refractivity contribution in [3.05, 3.63) is 0 Å². The smallest absolute Gasteiger partial charge is 0.00697 e. The minimum Gasteiger partial charge on any atom is -0.311 e. The molecule has 1 nitrogen and oxygen atoms in total. The molecule has 3 atom stereocenters. The lowest BCUT2D eigenvalue weighted by molar-refractivity contribution is 0.256. The fraction of sp³-hybridized carbons (Fsp3) is 1.00. The van der Waals surface area contributed by atoms with Crippen LogP contribution in [0.5, 0.6) is 0 Å². The number of hydrogen-bond acceptors (Lipinski definition) is 1. The number of hydrogen-bond donors (Lipinski definition) is 1. The van der Waals surface area contributed by atoms with Gasteiger partial charge < -0.3 is 5.32 Å². The Morgan fingerprint density at radius 2 is 1.67 bits per heavy atom. The molecule has 2 aliphatic carbocycles. The maximum absolute atomic E-state index is 3.97. The van der Waals surface area contributed by atoms with Crippen LogP contribution in [0.3, 0.4) is 0 Å². The summed E-state index contributed by atoms with van der Waals surface area (Å²) in [5.74, 6) is 1.98. The van der Waals surface area contributed by atoms with Gasteiger partial charge in [-0.25, -0.2) is 0 Å². The van der Waals surface area contributed by atoms with E-state index in [1.165, 1.54) is 70.6 Å². The molecule has 2 rings (SSSR count). The van der Waals surface area contributed by atoms with Crippen molar-refractivity contribution >= 4 is 0 Å². The van der Waals surface area contributed by atoms with Gasteiger partial charge in [-0.1, -0.05) is 45.4 Å². The first-order chi connectivity index (χ1) is 8.79. The first-order valence-electron chi connectivity index (χ1n) is 8.55. The molecule has 1 N–H and O–H groups in total. The molecule has 0 aromatic rings. The highest BCUT2D eigenvalue weighted by Gasteiger charge is 2.24. The Morgan fingerprint density at radius 3 is 2.39 bits per heavy atom. The van der Waals surface area contributed by atoms with Gasteiger partial charge in [-0.05, 0) is 50.9 Å². The zero-order valence-corrected chi connectivity index (χ0v) is 12.6. The fourth-order valence-corrected chi connectivity index (χ4v) is 4.10. The molecule has 0 bridgehead atoms. The van der Waals surface area contributed by atoms with Crippen molar-refractivity contribution < 1.29 is 0 Å². The second kappa shape index (κ2) is 7.53. The maximum atomic E-state index is 3.97. The van der Waals surface area contributed by atoms with E-state index in [4.69, 9.17) is 0 Å². The fourth-order valence-electron chi connectivity index (χ4n) is 4.10. The molecule has 106 valence electrons. The van der Waals surface area contributed by atoms with Crippen molar-refractivity contribution in [2.45, 2.75) is 96.6 Å². The second-order valence-corrected chi connectivity index (χ2v) is 6.83. The predicted octanol–water partition coefficient (Wildman–Crippen LogP) is 4.90. The summed E-state index contributed by atoms with van der Waals surface area (Å²) < 4.78 is 0. The summed E-state index contributed by atoms with van der Waals surface area (Å²) in [6, 6.07) is 1.58. The molecule has 0 radical (unpaired) electrons. The molecule has 0 aromatic heterocycles. The molecule has 2 fully saturated rings. The van der Waals surface area contributed by atoms with Gasteiger partial charge in [0.1, 0.15) is 0 Å². The van der Waals surface area contributed by atoms with Crippen LogP contribution in [0, 0.1) is 11.8 Å². The van der Waals surface area contributed by atoms with Gasteiger partial charge in [0.2, 0.25) is 0 Å². The lowest BCUT2D eigenvalue weighted by Gasteiger charge is -2.31. The van der Waals surface area contributed by atoms with E-state index in [-0.39, 0.29) is 0 Å². The molecule has 1 heteroatoms. The van der Waals surface area contributed by atoms with Crippen molar-refractivity contribution in [1.29, 1.82) is 0 Å². The summed E-state index contributed by atoms with van der Waals surface area (Å²) in [6.07, 6.45) is 16.0. The van der Waals surface area contributed by atoms with Gasteiger partial charge in [0, 0.05) is 12.1 Å². The zero-order valence-electron chi connectivity index (χ0n) is 12.6. The van der Waals surface area contributed by atoms with Gasteiger partial charge in [0.25, 0.3) is 0 Å². The molecular formula is C17H33N. The van der Waals surface area contributed by atoms with Crippen molar-refractivity contribution in [2.24, 2.45) is 11.8 Å². The molecular weight excluding hydrogens is 218 g/mol. The van der Waals surface area contributed by atoms with Gasteiger partial charge in [-0.2, -0.15) is 0 Å². The average molecular weight is 251 g/mol. The van der Waals surface area contributed by atoms with E-state index in [2.05, 4.69) is 19.2 Å². The lowest BCUT2D eigenvalue weighted by atomic mass is 9.84. The summed E-state index contributed by atoms with van der Waals surface area (Å²) in [6.45, 7) is 4.81. The van der Waals surface area contributed by atoms with E-state index in [1.54, 1.807) is 0 Å². The monoisotopic (exact) mass is 251 g/mol. The minimum atomic E-state index is 0.758. The highest BCUT2D eigenvalue weighted by Crippen LogP contribution is 2.29. The van der Waals surface area contributed by atoms with Crippen LogP contribution in [-0.4, -0.2) is 12.1 Å². The van der Waals surface area contributed by atoms with E-state index >= 15 is 0 Å². The quantitative estimate of drug-likeness (QED) is 0.700. The maximum Gasteiger partial charge on any atom is 0.00697 e. The van der Waals surface area contributed by atoms with Gasteiger partial charge in [0.15, 0.2) is 0 Å². The van der Waals surface area contributed by atoms with E-state index in [1.807, 2.05) is 0 Å². The molecule has 3 unspecified atom stereocenters. The Morgan fingerprint density at radius 1 is 0.889 bits per heavy atom. The van der Waals surface area contributed by atoms with Crippen LogP contribution in [0.25, 0.3) is 0 Å². The Labute approximate surface area is 114 Å². The Balaban J connectivity index is 1.74. The molecule has 0 amide bonds. The van der Waals surface area contributed by atoms with Crippen LogP contribution in [0.1, 0.15) is 84.5 Å². The van der Waals surface area contributed by atoms with Crippen LogP contribution >= 0.6 is 0 Å². The van der Waals surface area contributed by atoms with Gasteiger partial charge >= 0.3 is 0 Å². The summed E-state index contributed by atoms with van der Waals surface area (Å²) >= 11 is 0. The summed E-state index contributed by atoms with van der Waals surface area (Å²) in [5.41, 5.74) is 0. The average Bonchev–Trinajstić information content (AvgIpc) is 2.65. The highest BCUT2D eigenvalue weighted by atomic mass is 14.9. The number of rotatable bonds is 4. The Kier molecular flexibility index (Phi) is 6.01. The molecule has 0 aliphatic heterocycles. The first-order valence-corrected chi connectivity index (χ1v) is 8.55. The van der Waals surface area contributed by atoms with E-state index in [0.29, 0.717) is 0 Å². The highest BCUT2D eigenvalue weighted by molar-refractivity contribution is 4.81. The molecule has 0 saturated heterocycles. The normalized spacial score (nSPS) is 33.0. The van der Waals surface area contributed by atoms with Crippen LogP contribution in [0.4, 0.5) is 0 Å². The standard InChI is InChI=1S/C17H33N/c1-3-15-8-7-11-17(13-12-15)18-14(2)16-9-5-4-6-10-16/h14-18H,3-13H2,1-2H3. The molecule has 0 aromatic carbocycles. The van der Waals surface area contributed by atoms with Crippen molar-refractivity contribution in [2.75, 3.05) is 0 Å². The molecule has 0 spiro atoms. The zero-order chi connectivity index (χ0) is 12.8. The van der Waals surface area contributed by atoms with E-state index in [9.17, 15) is 0 Å². The molecule has 0 heterocycles. The summed E-state index contributed by atoms with van der Waals surface area (Å²) in [7, 11) is 0. The first kappa shape index (κ1) is 14.4. The third kappa shape index (κ3) is 4.26. The minimum absolute atomic E-state index is 0.758. The van der Waals surface area contributed by atoms with E-state index < -0.39 is 0 Å². The lowest BCUT2D eigenvalue weighted by Crippen LogP contribution is -2.41. The Bertz CT molecular complexity index is 220. The largest absolute Gasteiger partial charge is 0.311 e. The summed E-state index contributed by atoms with van der Waals surface area (Å²) in [5, 5.41) is 3.97. The second-order valence-electron chi connectivity index (χ2n) is 6.83. The topological polar surface area (TPSA) is 12.0 Å². The van der Waals surface area contributed by atoms with Gasteiger partial charge in [-0.15, -0.1) is 0 Å². The van der Waals surface area contributed by atoms with Crippen molar-refractivity contribution in [3.8, 4) is 0 Å². The summed E-state index contributed by atoms with van der Waals surface area (Å²) in [4.78, 5) is 0. The van der Waals surface area contributed by atoms with Crippen molar-refractivity contribution in [3.63, 3.8) is 0 Å². The number of nitrogens with one attached hydrogen (secondary N) is 1. The third-order valence-corrected chi connectivity index (χ3v) is 5.52. The van der Waals surface area contributed by atoms with Crippen LogP contribution < -0.4 is 5.32 Å². The molecule has 2 saturated carbocycles. The Hall–Kier alpha value is -0.0400. The molecule has 2 aliphatic rings. The third-order valence-electron chi connectivity index (χ3n) is 5.52. The van der Waals surface area contributed by atoms with Crippen molar-refractivity contribution in [1.82, 2.24) is 5.32 Å². The van der Waals surface area contributed by atoms with Crippen LogP contribution in [-0.2, 0) is 0 Å². The van der Waals surface area contributed by atoms with Crippen LogP contribution in [0.2, 0.25) is 0 Å².